The minimum Gasteiger partial charge on any atom is -0.408 e. The summed E-state index contributed by atoms with van der Waals surface area (Å²) in [4.78, 5) is 32.1. The lowest BCUT2D eigenvalue weighted by Gasteiger charge is -2.23. The van der Waals surface area contributed by atoms with Crippen LogP contribution < -0.4 is 10.7 Å². The van der Waals surface area contributed by atoms with E-state index in [2.05, 4.69) is 11.1 Å². The highest BCUT2D eigenvalue weighted by Gasteiger charge is 2.27. The molecule has 0 saturated carbocycles. The molecule has 1 aliphatic rings. The van der Waals surface area contributed by atoms with Gasteiger partial charge in [-0.2, -0.15) is 0 Å². The average molecular weight is 423 g/mol. The van der Waals surface area contributed by atoms with Crippen LogP contribution in [0.25, 0.3) is 21.3 Å². The second kappa shape index (κ2) is 7.70. The zero-order chi connectivity index (χ0) is 20.7. The van der Waals surface area contributed by atoms with Crippen molar-refractivity contribution in [3.8, 4) is 0 Å². The van der Waals surface area contributed by atoms with Crippen molar-refractivity contribution in [1.82, 2.24) is 9.55 Å². The number of oxazole rings is 1. The Bertz CT molecular complexity index is 1280. The van der Waals surface area contributed by atoms with E-state index in [0.717, 1.165) is 28.6 Å². The Morgan fingerprint density at radius 2 is 2.17 bits per heavy atom. The van der Waals surface area contributed by atoms with E-state index < -0.39 is 5.76 Å². The molecule has 4 aromatic rings. The molecule has 30 heavy (non-hydrogen) atoms. The van der Waals surface area contributed by atoms with Crippen LogP contribution in [-0.4, -0.2) is 34.7 Å². The summed E-state index contributed by atoms with van der Waals surface area (Å²) in [5.41, 5.74) is 3.08. The molecule has 3 heterocycles. The molecule has 0 radical (unpaired) electrons. The van der Waals surface area contributed by atoms with Crippen LogP contribution in [0.3, 0.4) is 0 Å². The van der Waals surface area contributed by atoms with Crippen LogP contribution in [0, 0.1) is 6.92 Å². The minimum absolute atomic E-state index is 0.0273. The molecule has 0 aliphatic carbocycles. The molecule has 1 fully saturated rings. The number of carbonyl (C=O) groups is 1. The van der Waals surface area contributed by atoms with Gasteiger partial charge in [0.15, 0.2) is 10.7 Å². The lowest BCUT2D eigenvalue weighted by molar-refractivity contribution is -0.119. The summed E-state index contributed by atoms with van der Waals surface area (Å²) >= 11 is 1.48. The van der Waals surface area contributed by atoms with Crippen molar-refractivity contribution in [3.05, 3.63) is 58.6 Å². The van der Waals surface area contributed by atoms with Crippen LogP contribution in [0.15, 0.2) is 51.7 Å². The first-order valence-electron chi connectivity index (χ1n) is 9.96. The van der Waals surface area contributed by atoms with Crippen molar-refractivity contribution in [1.29, 1.82) is 0 Å². The molecule has 0 bridgehead atoms. The maximum atomic E-state index is 13.4. The molecule has 0 N–H and O–H groups in total. The smallest absolute Gasteiger partial charge is 0.408 e. The van der Waals surface area contributed by atoms with Crippen molar-refractivity contribution >= 4 is 43.7 Å². The van der Waals surface area contributed by atoms with Crippen molar-refractivity contribution in [2.75, 3.05) is 18.1 Å². The zero-order valence-electron chi connectivity index (χ0n) is 16.5. The number of ether oxygens (including phenoxy) is 1. The number of aromatic nitrogens is 2. The highest BCUT2D eigenvalue weighted by atomic mass is 32.1. The summed E-state index contributed by atoms with van der Waals surface area (Å²) in [6.45, 7) is 3.04. The van der Waals surface area contributed by atoms with Gasteiger partial charge in [0.25, 0.3) is 0 Å². The van der Waals surface area contributed by atoms with Gasteiger partial charge < -0.3 is 9.15 Å². The first-order valence-corrected chi connectivity index (χ1v) is 10.8. The van der Waals surface area contributed by atoms with Gasteiger partial charge >= 0.3 is 5.76 Å². The number of thiazole rings is 1. The number of para-hydroxylation sites is 2. The molecule has 1 saturated heterocycles. The van der Waals surface area contributed by atoms with E-state index in [-0.39, 0.29) is 18.6 Å². The molecule has 1 unspecified atom stereocenters. The van der Waals surface area contributed by atoms with Gasteiger partial charge in [-0.25, -0.2) is 9.78 Å². The quantitative estimate of drug-likeness (QED) is 0.489. The van der Waals surface area contributed by atoms with Crippen LogP contribution >= 0.6 is 11.3 Å². The maximum Gasteiger partial charge on any atom is 0.420 e. The summed E-state index contributed by atoms with van der Waals surface area (Å²) in [6.07, 6.45) is 1.86. The normalized spacial score (nSPS) is 16.5. The van der Waals surface area contributed by atoms with E-state index in [9.17, 15) is 9.59 Å². The molecule has 2 aromatic carbocycles. The zero-order valence-corrected chi connectivity index (χ0v) is 17.4. The third kappa shape index (κ3) is 3.53. The van der Waals surface area contributed by atoms with E-state index in [0.29, 0.717) is 29.4 Å². The molecular weight excluding hydrogens is 402 g/mol. The van der Waals surface area contributed by atoms with E-state index in [1.165, 1.54) is 15.9 Å². The SMILES string of the molecule is Cc1ccc2nc(N(CC3CCCO3)C(=O)Cn3c(=O)oc4ccccc43)sc2c1. The lowest BCUT2D eigenvalue weighted by Crippen LogP contribution is -2.40. The van der Waals surface area contributed by atoms with Crippen LogP contribution in [0.2, 0.25) is 0 Å². The van der Waals surface area contributed by atoms with Crippen molar-refractivity contribution in [2.24, 2.45) is 0 Å². The number of nitrogens with zero attached hydrogens (tertiary/aromatic N) is 3. The van der Waals surface area contributed by atoms with Gasteiger partial charge in [0.2, 0.25) is 5.91 Å². The summed E-state index contributed by atoms with van der Waals surface area (Å²) in [6, 6.07) is 13.2. The first kappa shape index (κ1) is 19.0. The highest BCUT2D eigenvalue weighted by Crippen LogP contribution is 2.31. The average Bonchev–Trinajstić information content (AvgIpc) is 3.45. The van der Waals surface area contributed by atoms with E-state index in [1.807, 2.05) is 25.1 Å². The van der Waals surface area contributed by atoms with Gasteiger partial charge in [-0.15, -0.1) is 0 Å². The molecule has 7 nitrogen and oxygen atoms in total. The van der Waals surface area contributed by atoms with E-state index in [1.54, 1.807) is 23.1 Å². The number of benzene rings is 2. The number of hydrogen-bond acceptors (Lipinski definition) is 6. The minimum atomic E-state index is -0.540. The van der Waals surface area contributed by atoms with Crippen molar-refractivity contribution < 1.29 is 13.9 Å². The van der Waals surface area contributed by atoms with E-state index >= 15 is 0 Å². The summed E-state index contributed by atoms with van der Waals surface area (Å²) < 4.78 is 13.5. The number of aryl methyl sites for hydroxylation is 1. The summed E-state index contributed by atoms with van der Waals surface area (Å²) in [5.74, 6) is -0.753. The Morgan fingerprint density at radius 1 is 1.30 bits per heavy atom. The monoisotopic (exact) mass is 423 g/mol. The number of rotatable bonds is 5. The molecule has 1 amide bonds. The Kier molecular flexibility index (Phi) is 4.88. The Morgan fingerprint density at radius 3 is 3.00 bits per heavy atom. The molecule has 1 atom stereocenters. The third-order valence-electron chi connectivity index (χ3n) is 5.34. The molecule has 0 spiro atoms. The van der Waals surface area contributed by atoms with Crippen LogP contribution in [-0.2, 0) is 16.1 Å². The number of fused-ring (bicyclic) bond motifs is 2. The lowest BCUT2D eigenvalue weighted by atomic mass is 10.2. The fourth-order valence-corrected chi connectivity index (χ4v) is 4.89. The summed E-state index contributed by atoms with van der Waals surface area (Å²) in [7, 11) is 0. The topological polar surface area (TPSA) is 77.6 Å². The molecular formula is C22H21N3O4S. The Balaban J connectivity index is 1.50. The van der Waals surface area contributed by atoms with Gasteiger partial charge in [-0.1, -0.05) is 29.5 Å². The largest absolute Gasteiger partial charge is 0.420 e. The predicted octanol–water partition coefficient (Wildman–Crippen LogP) is 3.72. The van der Waals surface area contributed by atoms with Gasteiger partial charge in [-0.05, 0) is 49.6 Å². The van der Waals surface area contributed by atoms with Gasteiger partial charge in [-0.3, -0.25) is 14.3 Å². The molecule has 1 aliphatic heterocycles. The molecule has 8 heteroatoms. The fraction of sp³-hybridized carbons (Fsp3) is 0.318. The first-order chi connectivity index (χ1) is 14.6. The highest BCUT2D eigenvalue weighted by molar-refractivity contribution is 7.22. The standard InChI is InChI=1S/C22H21N3O4S/c1-14-8-9-16-19(11-14)30-21(23-16)25(12-15-5-4-10-28-15)20(26)13-24-17-6-2-3-7-18(17)29-22(24)27/h2-3,6-9,11,15H,4-5,10,12-13H2,1H3. The number of amides is 1. The van der Waals surface area contributed by atoms with E-state index in [4.69, 9.17) is 9.15 Å². The Labute approximate surface area is 176 Å². The summed E-state index contributed by atoms with van der Waals surface area (Å²) in [5, 5.41) is 0.622. The predicted molar refractivity (Wildman–Crippen MR) is 116 cm³/mol. The molecule has 154 valence electrons. The molecule has 2 aromatic heterocycles. The van der Waals surface area contributed by atoms with Gasteiger partial charge in [0.1, 0.15) is 6.54 Å². The molecule has 5 rings (SSSR count). The van der Waals surface area contributed by atoms with Crippen LogP contribution in [0.5, 0.6) is 0 Å². The van der Waals surface area contributed by atoms with Crippen molar-refractivity contribution in [2.45, 2.75) is 32.4 Å². The van der Waals surface area contributed by atoms with Gasteiger partial charge in [0, 0.05) is 6.61 Å². The number of hydrogen-bond donors (Lipinski definition) is 0. The number of carbonyl (C=O) groups excluding carboxylic acids is 1. The van der Waals surface area contributed by atoms with Crippen molar-refractivity contribution in [3.63, 3.8) is 0 Å². The second-order valence-electron chi connectivity index (χ2n) is 7.53. The van der Waals surface area contributed by atoms with Crippen LogP contribution in [0.4, 0.5) is 5.13 Å². The fourth-order valence-electron chi connectivity index (χ4n) is 3.80. The second-order valence-corrected chi connectivity index (χ2v) is 8.54. The number of anilines is 1. The maximum absolute atomic E-state index is 13.4. The third-order valence-corrected chi connectivity index (χ3v) is 6.38. The van der Waals surface area contributed by atoms with Gasteiger partial charge in [0.05, 0.1) is 28.4 Å². The Hall–Kier alpha value is -2.97. The van der Waals surface area contributed by atoms with Crippen LogP contribution in [0.1, 0.15) is 18.4 Å².